The predicted octanol–water partition coefficient (Wildman–Crippen LogP) is 3.16. The SMILES string of the molecule is CCNC(=O)NCc1ccc(C2OC(CN3CCN(c4ncccn4)CC3)CC(c3ccc(CO)cc3)O2)cc1. The van der Waals surface area contributed by atoms with Gasteiger partial charge in [0, 0.05) is 70.2 Å². The number of urea groups is 1. The minimum Gasteiger partial charge on any atom is -0.392 e. The first kappa shape index (κ1) is 28.0. The Morgan fingerprint density at radius 2 is 1.60 bits per heavy atom. The summed E-state index contributed by atoms with van der Waals surface area (Å²) in [6.45, 7) is 7.30. The van der Waals surface area contributed by atoms with Crippen LogP contribution >= 0.6 is 0 Å². The number of ether oxygens (including phenoxy) is 2. The molecule has 2 aromatic carbocycles. The maximum absolute atomic E-state index is 11.7. The molecular weight excluding hydrogens is 508 g/mol. The van der Waals surface area contributed by atoms with Crippen molar-refractivity contribution in [2.24, 2.45) is 0 Å². The van der Waals surface area contributed by atoms with E-state index in [1.54, 1.807) is 12.4 Å². The van der Waals surface area contributed by atoms with E-state index in [2.05, 4.69) is 30.4 Å². The van der Waals surface area contributed by atoms with Crippen LogP contribution in [0.3, 0.4) is 0 Å². The van der Waals surface area contributed by atoms with Gasteiger partial charge in [-0.3, -0.25) is 4.90 Å². The van der Waals surface area contributed by atoms with Crippen molar-refractivity contribution < 1.29 is 19.4 Å². The lowest BCUT2D eigenvalue weighted by Crippen LogP contribution is -2.50. The van der Waals surface area contributed by atoms with Crippen molar-refractivity contribution in [3.05, 3.63) is 89.2 Å². The average molecular weight is 547 g/mol. The number of rotatable bonds is 9. The fraction of sp³-hybridized carbons (Fsp3) is 0.433. The monoisotopic (exact) mass is 546 g/mol. The zero-order valence-corrected chi connectivity index (χ0v) is 22.9. The molecule has 3 unspecified atom stereocenters. The summed E-state index contributed by atoms with van der Waals surface area (Å²) in [6.07, 6.45) is 3.65. The average Bonchev–Trinajstić information content (AvgIpc) is 3.01. The van der Waals surface area contributed by atoms with E-state index in [1.165, 1.54) is 0 Å². The van der Waals surface area contributed by atoms with Crippen molar-refractivity contribution in [3.63, 3.8) is 0 Å². The lowest BCUT2D eigenvalue weighted by Gasteiger charge is -2.40. The van der Waals surface area contributed by atoms with Crippen LogP contribution in [0.1, 0.15) is 48.0 Å². The molecule has 0 saturated carbocycles. The Bertz CT molecular complexity index is 1200. The lowest BCUT2D eigenvalue weighted by atomic mass is 9.99. The van der Waals surface area contributed by atoms with Gasteiger partial charge < -0.3 is 30.1 Å². The number of nitrogens with zero attached hydrogens (tertiary/aromatic N) is 4. The highest BCUT2D eigenvalue weighted by atomic mass is 16.7. The highest BCUT2D eigenvalue weighted by molar-refractivity contribution is 5.73. The van der Waals surface area contributed by atoms with Crippen molar-refractivity contribution in [2.75, 3.05) is 44.2 Å². The molecule has 40 heavy (non-hydrogen) atoms. The minimum atomic E-state index is -0.509. The van der Waals surface area contributed by atoms with Gasteiger partial charge >= 0.3 is 6.03 Å². The fourth-order valence-corrected chi connectivity index (χ4v) is 5.10. The molecule has 3 N–H and O–H groups in total. The second kappa shape index (κ2) is 13.7. The Morgan fingerprint density at radius 1 is 0.925 bits per heavy atom. The molecular formula is C30H38N6O4. The summed E-state index contributed by atoms with van der Waals surface area (Å²) in [4.78, 5) is 25.2. The van der Waals surface area contributed by atoms with Crippen LogP contribution in [0.4, 0.5) is 10.7 Å². The first-order chi connectivity index (χ1) is 19.6. The second-order valence-corrected chi connectivity index (χ2v) is 10.1. The van der Waals surface area contributed by atoms with Crippen LogP contribution in [0.25, 0.3) is 0 Å². The molecule has 5 rings (SSSR count). The molecule has 2 saturated heterocycles. The molecule has 2 aliphatic rings. The largest absolute Gasteiger partial charge is 0.392 e. The number of amides is 2. The van der Waals surface area contributed by atoms with Crippen LogP contribution in [0, 0.1) is 0 Å². The number of anilines is 1. The number of benzene rings is 2. The van der Waals surface area contributed by atoms with Gasteiger partial charge in [-0.2, -0.15) is 0 Å². The van der Waals surface area contributed by atoms with Crippen molar-refractivity contribution in [2.45, 2.75) is 45.0 Å². The lowest BCUT2D eigenvalue weighted by molar-refractivity contribution is -0.253. The Balaban J connectivity index is 1.25. The zero-order chi connectivity index (χ0) is 27.7. The summed E-state index contributed by atoms with van der Waals surface area (Å²) in [5.74, 6) is 0.778. The standard InChI is InChI=1S/C30H38N6O4/c1-2-31-30(38)34-19-22-4-10-25(11-5-22)28-39-26(18-27(40-28)24-8-6-23(21-37)7-9-24)20-35-14-16-36(17-15-35)29-32-12-3-13-33-29/h3-13,26-28,37H,2,14-21H2,1H3,(H2,31,34,38). The van der Waals surface area contributed by atoms with Gasteiger partial charge in [-0.1, -0.05) is 48.5 Å². The molecule has 10 nitrogen and oxygen atoms in total. The molecule has 3 atom stereocenters. The van der Waals surface area contributed by atoms with Gasteiger partial charge in [-0.15, -0.1) is 0 Å². The summed E-state index contributed by atoms with van der Waals surface area (Å²) < 4.78 is 13.0. The van der Waals surface area contributed by atoms with Crippen molar-refractivity contribution in [3.8, 4) is 0 Å². The van der Waals surface area contributed by atoms with Gasteiger partial charge in [-0.05, 0) is 29.7 Å². The first-order valence-corrected chi connectivity index (χ1v) is 14.0. The first-order valence-electron chi connectivity index (χ1n) is 14.0. The number of hydrogen-bond acceptors (Lipinski definition) is 8. The predicted molar refractivity (Wildman–Crippen MR) is 151 cm³/mol. The second-order valence-electron chi connectivity index (χ2n) is 10.1. The van der Waals surface area contributed by atoms with Crippen molar-refractivity contribution >= 4 is 12.0 Å². The van der Waals surface area contributed by atoms with E-state index >= 15 is 0 Å². The molecule has 2 fully saturated rings. The van der Waals surface area contributed by atoms with Gasteiger partial charge in [0.1, 0.15) is 0 Å². The topological polar surface area (TPSA) is 112 Å². The van der Waals surface area contributed by atoms with E-state index in [1.807, 2.05) is 61.5 Å². The summed E-state index contributed by atoms with van der Waals surface area (Å²) in [7, 11) is 0. The fourth-order valence-electron chi connectivity index (χ4n) is 5.10. The molecule has 0 bridgehead atoms. The van der Waals surface area contributed by atoms with E-state index in [0.717, 1.165) is 67.3 Å². The summed E-state index contributed by atoms with van der Waals surface area (Å²) >= 11 is 0. The number of piperazine rings is 1. The van der Waals surface area contributed by atoms with Gasteiger partial charge in [0.2, 0.25) is 5.95 Å². The number of carbonyl (C=O) groups excluding carboxylic acids is 1. The normalized spacial score (nSPS) is 21.6. The molecule has 0 spiro atoms. The van der Waals surface area contributed by atoms with E-state index in [0.29, 0.717) is 13.1 Å². The molecule has 212 valence electrons. The van der Waals surface area contributed by atoms with Crippen LogP contribution < -0.4 is 15.5 Å². The van der Waals surface area contributed by atoms with E-state index in [9.17, 15) is 9.90 Å². The summed E-state index contributed by atoms with van der Waals surface area (Å²) in [6, 6.07) is 17.6. The minimum absolute atomic E-state index is 0.0140. The quantitative estimate of drug-likeness (QED) is 0.375. The van der Waals surface area contributed by atoms with Crippen LogP contribution in [0.2, 0.25) is 0 Å². The Labute approximate surface area is 235 Å². The Hall–Kier alpha value is -3.57. The van der Waals surface area contributed by atoms with E-state index in [-0.39, 0.29) is 24.8 Å². The van der Waals surface area contributed by atoms with Gasteiger partial charge in [0.25, 0.3) is 0 Å². The molecule has 0 radical (unpaired) electrons. The maximum Gasteiger partial charge on any atom is 0.315 e. The van der Waals surface area contributed by atoms with Crippen LogP contribution in [-0.4, -0.2) is 71.4 Å². The highest BCUT2D eigenvalue weighted by Gasteiger charge is 2.34. The van der Waals surface area contributed by atoms with E-state index in [4.69, 9.17) is 9.47 Å². The number of aliphatic hydroxyl groups excluding tert-OH is 1. The molecule has 2 aliphatic heterocycles. The Morgan fingerprint density at radius 3 is 2.27 bits per heavy atom. The zero-order valence-electron chi connectivity index (χ0n) is 22.9. The van der Waals surface area contributed by atoms with Gasteiger partial charge in [0.05, 0.1) is 18.8 Å². The molecule has 0 aliphatic carbocycles. The van der Waals surface area contributed by atoms with Crippen molar-refractivity contribution in [1.29, 1.82) is 0 Å². The van der Waals surface area contributed by atoms with Crippen LogP contribution in [-0.2, 0) is 22.6 Å². The number of hydrogen-bond donors (Lipinski definition) is 3. The molecule has 3 heterocycles. The third-order valence-electron chi connectivity index (χ3n) is 7.33. The molecule has 10 heteroatoms. The van der Waals surface area contributed by atoms with Crippen LogP contribution in [0.5, 0.6) is 0 Å². The molecule has 2 amide bonds. The molecule has 3 aromatic rings. The van der Waals surface area contributed by atoms with Gasteiger partial charge in [0.15, 0.2) is 6.29 Å². The Kier molecular flexibility index (Phi) is 9.56. The third-order valence-corrected chi connectivity index (χ3v) is 7.33. The smallest absolute Gasteiger partial charge is 0.315 e. The third kappa shape index (κ3) is 7.33. The summed E-state index contributed by atoms with van der Waals surface area (Å²) in [5, 5.41) is 15.1. The maximum atomic E-state index is 11.7. The number of aliphatic hydroxyl groups is 1. The molecule has 1 aromatic heterocycles. The summed E-state index contributed by atoms with van der Waals surface area (Å²) in [5.41, 5.74) is 3.89. The van der Waals surface area contributed by atoms with Crippen LogP contribution in [0.15, 0.2) is 67.0 Å². The number of aromatic nitrogens is 2. The van der Waals surface area contributed by atoms with Gasteiger partial charge in [-0.25, -0.2) is 14.8 Å². The van der Waals surface area contributed by atoms with Crippen molar-refractivity contribution in [1.82, 2.24) is 25.5 Å². The number of carbonyl (C=O) groups is 1. The highest BCUT2D eigenvalue weighted by Crippen LogP contribution is 2.38. The number of nitrogens with one attached hydrogen (secondary N) is 2. The van der Waals surface area contributed by atoms with E-state index < -0.39 is 6.29 Å².